The van der Waals surface area contributed by atoms with Crippen molar-refractivity contribution < 1.29 is 19.4 Å². The van der Waals surface area contributed by atoms with Crippen LogP contribution in [0, 0.1) is 6.92 Å². The SMILES string of the molecule is Cc1nn(C)c(N2CCC3(CC2)OCCO3)c1C(=O)O. The molecule has 3 rings (SSSR count). The lowest BCUT2D eigenvalue weighted by molar-refractivity contribution is -0.169. The summed E-state index contributed by atoms with van der Waals surface area (Å²) < 4.78 is 13.0. The summed E-state index contributed by atoms with van der Waals surface area (Å²) in [5, 5.41) is 13.6. The molecule has 2 fully saturated rings. The van der Waals surface area contributed by atoms with Gasteiger partial charge in [0.05, 0.1) is 18.9 Å². The molecule has 20 heavy (non-hydrogen) atoms. The number of ether oxygens (including phenoxy) is 2. The van der Waals surface area contributed by atoms with Crippen LogP contribution in [0.4, 0.5) is 5.82 Å². The minimum atomic E-state index is -0.931. The Labute approximate surface area is 117 Å². The number of aromatic carboxylic acids is 1. The van der Waals surface area contributed by atoms with Crippen molar-refractivity contribution in [3.05, 3.63) is 11.3 Å². The zero-order valence-electron chi connectivity index (χ0n) is 11.8. The highest BCUT2D eigenvalue weighted by Gasteiger charge is 2.41. The zero-order chi connectivity index (χ0) is 14.3. The number of hydrogen-bond donors (Lipinski definition) is 1. The van der Waals surface area contributed by atoms with E-state index in [-0.39, 0.29) is 5.56 Å². The van der Waals surface area contributed by atoms with Gasteiger partial charge in [0.1, 0.15) is 11.4 Å². The Morgan fingerprint density at radius 2 is 1.90 bits per heavy atom. The quantitative estimate of drug-likeness (QED) is 0.863. The number of aromatic nitrogens is 2. The number of carbonyl (C=O) groups is 1. The van der Waals surface area contributed by atoms with Crippen LogP contribution in [0.25, 0.3) is 0 Å². The summed E-state index contributed by atoms with van der Waals surface area (Å²) in [5.74, 6) is -0.713. The van der Waals surface area contributed by atoms with E-state index in [1.807, 2.05) is 0 Å². The minimum absolute atomic E-state index is 0.289. The van der Waals surface area contributed by atoms with E-state index in [4.69, 9.17) is 9.47 Å². The molecule has 2 saturated heterocycles. The molecule has 0 bridgehead atoms. The number of hydrogen-bond acceptors (Lipinski definition) is 5. The van der Waals surface area contributed by atoms with Gasteiger partial charge in [-0.2, -0.15) is 5.10 Å². The topological polar surface area (TPSA) is 76.8 Å². The highest BCUT2D eigenvalue weighted by Crippen LogP contribution is 2.34. The van der Waals surface area contributed by atoms with Crippen LogP contribution in [0.2, 0.25) is 0 Å². The minimum Gasteiger partial charge on any atom is -0.477 e. The second kappa shape index (κ2) is 4.75. The first-order valence-electron chi connectivity index (χ1n) is 6.82. The Morgan fingerprint density at radius 3 is 2.45 bits per heavy atom. The smallest absolute Gasteiger partial charge is 0.341 e. The second-order valence-electron chi connectivity index (χ2n) is 5.31. The molecule has 0 aliphatic carbocycles. The van der Waals surface area contributed by atoms with Crippen LogP contribution in [0.15, 0.2) is 0 Å². The zero-order valence-corrected chi connectivity index (χ0v) is 11.8. The van der Waals surface area contributed by atoms with E-state index in [1.165, 1.54) is 0 Å². The standard InChI is InChI=1S/C13H19N3O4/c1-9-10(12(17)18)11(15(2)14-9)16-5-3-13(4-6-16)19-7-8-20-13/h3-8H2,1-2H3,(H,17,18). The molecule has 0 aromatic carbocycles. The first-order chi connectivity index (χ1) is 9.52. The van der Waals surface area contributed by atoms with E-state index < -0.39 is 11.8 Å². The molecule has 7 heteroatoms. The average molecular weight is 281 g/mol. The predicted molar refractivity (Wildman–Crippen MR) is 71.0 cm³/mol. The van der Waals surface area contributed by atoms with Gasteiger partial charge in [-0.3, -0.25) is 4.68 Å². The molecule has 1 spiro atoms. The van der Waals surface area contributed by atoms with Crippen molar-refractivity contribution in [3.8, 4) is 0 Å². The maximum Gasteiger partial charge on any atom is 0.341 e. The lowest BCUT2D eigenvalue weighted by Gasteiger charge is -2.38. The Morgan fingerprint density at radius 1 is 1.30 bits per heavy atom. The van der Waals surface area contributed by atoms with Gasteiger partial charge >= 0.3 is 5.97 Å². The molecule has 0 unspecified atom stereocenters. The summed E-state index contributed by atoms with van der Waals surface area (Å²) in [6.45, 7) is 4.43. The van der Waals surface area contributed by atoms with Crippen molar-refractivity contribution >= 4 is 11.8 Å². The Bertz CT molecular complexity index is 524. The molecular formula is C13H19N3O4. The molecule has 7 nitrogen and oxygen atoms in total. The van der Waals surface area contributed by atoms with Crippen molar-refractivity contribution in [1.82, 2.24) is 9.78 Å². The van der Waals surface area contributed by atoms with Crippen molar-refractivity contribution in [2.24, 2.45) is 7.05 Å². The van der Waals surface area contributed by atoms with Crippen LogP contribution in [-0.4, -0.2) is 52.9 Å². The highest BCUT2D eigenvalue weighted by atomic mass is 16.7. The van der Waals surface area contributed by atoms with Crippen LogP contribution in [0.3, 0.4) is 0 Å². The van der Waals surface area contributed by atoms with Crippen LogP contribution in [-0.2, 0) is 16.5 Å². The molecule has 3 heterocycles. The van der Waals surface area contributed by atoms with E-state index in [9.17, 15) is 9.90 Å². The van der Waals surface area contributed by atoms with Crippen LogP contribution in [0.1, 0.15) is 28.9 Å². The third-order valence-corrected chi connectivity index (χ3v) is 4.04. The van der Waals surface area contributed by atoms with Gasteiger partial charge in [-0.05, 0) is 6.92 Å². The first kappa shape index (κ1) is 13.4. The molecule has 0 amide bonds. The molecule has 1 aromatic rings. The van der Waals surface area contributed by atoms with Gasteiger partial charge in [-0.15, -0.1) is 0 Å². The van der Waals surface area contributed by atoms with Gasteiger partial charge < -0.3 is 19.5 Å². The monoisotopic (exact) mass is 281 g/mol. The van der Waals surface area contributed by atoms with Gasteiger partial charge in [-0.1, -0.05) is 0 Å². The third-order valence-electron chi connectivity index (χ3n) is 4.04. The summed E-state index contributed by atoms with van der Waals surface area (Å²) in [7, 11) is 1.78. The number of aryl methyl sites for hydroxylation is 2. The predicted octanol–water partition coefficient (Wildman–Crippen LogP) is 0.770. The van der Waals surface area contributed by atoms with Gasteiger partial charge in [0.2, 0.25) is 0 Å². The number of anilines is 1. The van der Waals surface area contributed by atoms with Crippen molar-refractivity contribution in [3.63, 3.8) is 0 Å². The number of carboxylic acids is 1. The third kappa shape index (κ3) is 2.06. The van der Waals surface area contributed by atoms with Crippen LogP contribution < -0.4 is 4.90 Å². The molecule has 110 valence electrons. The summed E-state index contributed by atoms with van der Waals surface area (Å²) in [6, 6.07) is 0. The Balaban J connectivity index is 1.83. The van der Waals surface area contributed by atoms with Crippen molar-refractivity contribution in [2.75, 3.05) is 31.2 Å². The maximum absolute atomic E-state index is 11.4. The van der Waals surface area contributed by atoms with E-state index >= 15 is 0 Å². The second-order valence-corrected chi connectivity index (χ2v) is 5.31. The first-order valence-corrected chi connectivity index (χ1v) is 6.82. The van der Waals surface area contributed by atoms with Crippen molar-refractivity contribution in [1.29, 1.82) is 0 Å². The number of rotatable bonds is 2. The fraction of sp³-hybridized carbons (Fsp3) is 0.692. The molecule has 2 aliphatic rings. The largest absolute Gasteiger partial charge is 0.477 e. The normalized spacial score (nSPS) is 21.6. The summed E-state index contributed by atoms with van der Waals surface area (Å²) in [4.78, 5) is 13.5. The van der Waals surface area contributed by atoms with Gasteiger partial charge in [0.25, 0.3) is 0 Å². The molecule has 2 aliphatic heterocycles. The molecule has 0 saturated carbocycles. The molecular weight excluding hydrogens is 262 g/mol. The summed E-state index contributed by atoms with van der Waals surface area (Å²) >= 11 is 0. The van der Waals surface area contributed by atoms with Crippen LogP contribution in [0.5, 0.6) is 0 Å². The van der Waals surface area contributed by atoms with Crippen LogP contribution >= 0.6 is 0 Å². The Kier molecular flexibility index (Phi) is 3.18. The molecule has 0 atom stereocenters. The Hall–Kier alpha value is -1.60. The van der Waals surface area contributed by atoms with E-state index in [2.05, 4.69) is 10.00 Å². The molecule has 0 radical (unpaired) electrons. The van der Waals surface area contributed by atoms with Gasteiger partial charge in [0, 0.05) is 33.0 Å². The molecule has 1 N–H and O–H groups in total. The lowest BCUT2D eigenvalue weighted by atomic mass is 10.0. The number of piperidine rings is 1. The number of carboxylic acid groups (broad SMARTS) is 1. The summed E-state index contributed by atoms with van der Waals surface area (Å²) in [5.41, 5.74) is 0.834. The molecule has 1 aromatic heterocycles. The average Bonchev–Trinajstić information content (AvgIpc) is 2.96. The lowest BCUT2D eigenvalue weighted by Crippen LogP contribution is -2.46. The van der Waals surface area contributed by atoms with E-state index in [0.29, 0.717) is 37.8 Å². The van der Waals surface area contributed by atoms with Crippen molar-refractivity contribution in [2.45, 2.75) is 25.6 Å². The van der Waals surface area contributed by atoms with Gasteiger partial charge in [-0.25, -0.2) is 4.79 Å². The van der Waals surface area contributed by atoms with E-state index in [1.54, 1.807) is 18.7 Å². The fourth-order valence-corrected chi connectivity index (χ4v) is 3.10. The number of nitrogens with zero attached hydrogens (tertiary/aromatic N) is 3. The maximum atomic E-state index is 11.4. The summed E-state index contributed by atoms with van der Waals surface area (Å²) in [6.07, 6.45) is 1.49. The highest BCUT2D eigenvalue weighted by molar-refractivity contribution is 5.94. The fourth-order valence-electron chi connectivity index (χ4n) is 3.10. The van der Waals surface area contributed by atoms with E-state index in [0.717, 1.165) is 12.8 Å². The van der Waals surface area contributed by atoms with Gasteiger partial charge in [0.15, 0.2) is 5.79 Å².